The molecular formula is C15H22. The first-order valence-corrected chi connectivity index (χ1v) is 5.23. The van der Waals surface area contributed by atoms with Gasteiger partial charge in [-0.05, 0) is 45.8 Å². The molecule has 15 heavy (non-hydrogen) atoms. The van der Waals surface area contributed by atoms with Crippen LogP contribution in [-0.2, 0) is 0 Å². The third-order valence-electron chi connectivity index (χ3n) is 1.96. The van der Waals surface area contributed by atoms with Gasteiger partial charge in [-0.15, -0.1) is 0 Å². The van der Waals surface area contributed by atoms with Crippen LogP contribution >= 0.6 is 0 Å². The smallest absolute Gasteiger partial charge is 0.0174 e. The van der Waals surface area contributed by atoms with Gasteiger partial charge in [0.25, 0.3) is 0 Å². The number of allylic oxidation sites excluding steroid dienone is 8. The molecule has 0 spiro atoms. The Bertz CT molecular complexity index is 342. The van der Waals surface area contributed by atoms with Gasteiger partial charge in [0.1, 0.15) is 0 Å². The van der Waals surface area contributed by atoms with E-state index in [4.69, 9.17) is 0 Å². The van der Waals surface area contributed by atoms with Crippen molar-refractivity contribution in [1.29, 1.82) is 0 Å². The normalized spacial score (nSPS) is 11.7. The molecule has 0 aromatic rings. The Morgan fingerprint density at radius 2 is 1.53 bits per heavy atom. The van der Waals surface area contributed by atoms with Crippen LogP contribution in [0.25, 0.3) is 0 Å². The second kappa shape index (κ2) is 6.23. The largest absolute Gasteiger partial charge is 0.0961 e. The zero-order valence-electron chi connectivity index (χ0n) is 10.6. The van der Waals surface area contributed by atoms with Crippen LogP contribution in [0.3, 0.4) is 0 Å². The summed E-state index contributed by atoms with van der Waals surface area (Å²) in [5.74, 6) is 0. The fourth-order valence-electron chi connectivity index (χ4n) is 1.61. The summed E-state index contributed by atoms with van der Waals surface area (Å²) < 4.78 is 0. The minimum atomic E-state index is 1.06. The van der Waals surface area contributed by atoms with E-state index in [0.29, 0.717) is 0 Å². The van der Waals surface area contributed by atoms with Gasteiger partial charge in [-0.3, -0.25) is 0 Å². The third kappa shape index (κ3) is 4.64. The van der Waals surface area contributed by atoms with Gasteiger partial charge >= 0.3 is 0 Å². The molecule has 0 radical (unpaired) electrons. The maximum absolute atomic E-state index is 4.02. The Morgan fingerprint density at radius 1 is 1.00 bits per heavy atom. The van der Waals surface area contributed by atoms with E-state index in [1.807, 2.05) is 26.8 Å². The summed E-state index contributed by atoms with van der Waals surface area (Å²) in [5.41, 5.74) is 5.87. The summed E-state index contributed by atoms with van der Waals surface area (Å²) >= 11 is 0. The second-order valence-electron chi connectivity index (χ2n) is 4.10. The SMILES string of the molecule is C=C(C)C=C(C=CC)C(C(=C)C)=C(C)C. The molecule has 0 fully saturated rings. The molecule has 0 N–H and O–H groups in total. The summed E-state index contributed by atoms with van der Waals surface area (Å²) in [4.78, 5) is 0. The van der Waals surface area contributed by atoms with Gasteiger partial charge < -0.3 is 0 Å². The molecule has 0 saturated carbocycles. The molecule has 82 valence electrons. The summed E-state index contributed by atoms with van der Waals surface area (Å²) in [6.07, 6.45) is 6.24. The lowest BCUT2D eigenvalue weighted by molar-refractivity contribution is 1.25. The highest BCUT2D eigenvalue weighted by Gasteiger charge is 2.04. The highest BCUT2D eigenvalue weighted by Crippen LogP contribution is 2.24. The Balaban J connectivity index is 5.52. The molecule has 0 aromatic carbocycles. The fraction of sp³-hybridized carbons (Fsp3) is 0.333. The molecule has 0 rings (SSSR count). The van der Waals surface area contributed by atoms with Crippen LogP contribution in [0.15, 0.2) is 59.3 Å². The van der Waals surface area contributed by atoms with Crippen molar-refractivity contribution < 1.29 is 0 Å². The summed E-state index contributed by atoms with van der Waals surface area (Å²) in [7, 11) is 0. The molecule has 0 amide bonds. The van der Waals surface area contributed by atoms with Gasteiger partial charge in [0.15, 0.2) is 0 Å². The van der Waals surface area contributed by atoms with Crippen molar-refractivity contribution >= 4 is 0 Å². The van der Waals surface area contributed by atoms with Crippen molar-refractivity contribution in [3.05, 3.63) is 59.3 Å². The molecule has 0 atom stereocenters. The number of rotatable bonds is 4. The van der Waals surface area contributed by atoms with E-state index in [1.54, 1.807) is 0 Å². The first-order chi connectivity index (χ1) is 6.90. The van der Waals surface area contributed by atoms with Crippen molar-refractivity contribution in [2.24, 2.45) is 0 Å². The Labute approximate surface area is 94.4 Å². The first kappa shape index (κ1) is 13.7. The molecule has 0 aliphatic heterocycles. The van der Waals surface area contributed by atoms with Crippen LogP contribution in [0.1, 0.15) is 34.6 Å². The van der Waals surface area contributed by atoms with E-state index in [2.05, 4.69) is 39.2 Å². The Morgan fingerprint density at radius 3 is 1.80 bits per heavy atom. The van der Waals surface area contributed by atoms with Crippen molar-refractivity contribution in [1.82, 2.24) is 0 Å². The van der Waals surface area contributed by atoms with Gasteiger partial charge in [-0.1, -0.05) is 48.1 Å². The maximum Gasteiger partial charge on any atom is -0.0174 e. The van der Waals surface area contributed by atoms with Gasteiger partial charge in [0.05, 0.1) is 0 Å². The van der Waals surface area contributed by atoms with Crippen molar-refractivity contribution in [2.45, 2.75) is 34.6 Å². The highest BCUT2D eigenvalue weighted by atomic mass is 14.1. The van der Waals surface area contributed by atoms with Crippen LogP contribution in [0.5, 0.6) is 0 Å². The van der Waals surface area contributed by atoms with Gasteiger partial charge in [-0.2, -0.15) is 0 Å². The molecular weight excluding hydrogens is 180 g/mol. The minimum absolute atomic E-state index is 1.06. The average Bonchev–Trinajstić information content (AvgIpc) is 2.01. The molecule has 0 aliphatic rings. The Kier molecular flexibility index (Phi) is 5.69. The summed E-state index contributed by atoms with van der Waals surface area (Å²) in [6.45, 7) is 18.2. The van der Waals surface area contributed by atoms with Crippen LogP contribution in [0.4, 0.5) is 0 Å². The molecule has 0 aromatic heterocycles. The molecule has 0 unspecified atom stereocenters. The summed E-state index contributed by atoms with van der Waals surface area (Å²) in [6, 6.07) is 0. The first-order valence-electron chi connectivity index (χ1n) is 5.23. The van der Waals surface area contributed by atoms with E-state index in [-0.39, 0.29) is 0 Å². The lowest BCUT2D eigenvalue weighted by atomic mass is 9.94. The van der Waals surface area contributed by atoms with Crippen LogP contribution < -0.4 is 0 Å². The Hall–Kier alpha value is -1.30. The summed E-state index contributed by atoms with van der Waals surface area (Å²) in [5, 5.41) is 0. The molecule has 0 saturated heterocycles. The molecule has 0 aliphatic carbocycles. The highest BCUT2D eigenvalue weighted by molar-refractivity contribution is 5.53. The number of hydrogen-bond donors (Lipinski definition) is 0. The molecule has 0 nitrogen and oxygen atoms in total. The van der Waals surface area contributed by atoms with Crippen LogP contribution in [0, 0.1) is 0 Å². The topological polar surface area (TPSA) is 0 Å². The standard InChI is InChI=1S/C15H22/c1-8-9-14(10-11(2)3)15(12(4)5)13(6)7/h8-10H,2,4H2,1,3,5-7H3. The molecule has 0 heterocycles. The quantitative estimate of drug-likeness (QED) is 0.564. The van der Waals surface area contributed by atoms with Gasteiger partial charge in [0.2, 0.25) is 0 Å². The van der Waals surface area contributed by atoms with E-state index in [9.17, 15) is 0 Å². The maximum atomic E-state index is 4.02. The van der Waals surface area contributed by atoms with Gasteiger partial charge in [-0.25, -0.2) is 0 Å². The van der Waals surface area contributed by atoms with Crippen LogP contribution in [-0.4, -0.2) is 0 Å². The second-order valence-corrected chi connectivity index (χ2v) is 4.10. The van der Waals surface area contributed by atoms with Crippen molar-refractivity contribution in [2.75, 3.05) is 0 Å². The fourth-order valence-corrected chi connectivity index (χ4v) is 1.61. The van der Waals surface area contributed by atoms with E-state index in [1.165, 1.54) is 16.7 Å². The van der Waals surface area contributed by atoms with Crippen LogP contribution in [0.2, 0.25) is 0 Å². The average molecular weight is 202 g/mol. The van der Waals surface area contributed by atoms with E-state index >= 15 is 0 Å². The van der Waals surface area contributed by atoms with Gasteiger partial charge in [0, 0.05) is 0 Å². The monoisotopic (exact) mass is 202 g/mol. The third-order valence-corrected chi connectivity index (χ3v) is 1.96. The lowest BCUT2D eigenvalue weighted by Crippen LogP contribution is -1.92. The van der Waals surface area contributed by atoms with E-state index in [0.717, 1.165) is 11.1 Å². The molecule has 0 bridgehead atoms. The minimum Gasteiger partial charge on any atom is -0.0961 e. The zero-order chi connectivity index (χ0) is 12.0. The van der Waals surface area contributed by atoms with Crippen molar-refractivity contribution in [3.8, 4) is 0 Å². The number of hydrogen-bond acceptors (Lipinski definition) is 0. The lowest BCUT2D eigenvalue weighted by Gasteiger charge is -2.11. The zero-order valence-corrected chi connectivity index (χ0v) is 10.6. The molecule has 0 heteroatoms. The predicted octanol–water partition coefficient (Wildman–Crippen LogP) is 4.98. The van der Waals surface area contributed by atoms with E-state index < -0.39 is 0 Å². The predicted molar refractivity (Wildman–Crippen MR) is 70.9 cm³/mol. The van der Waals surface area contributed by atoms with Crippen molar-refractivity contribution in [3.63, 3.8) is 0 Å².